The second kappa shape index (κ2) is 5.41. The van der Waals surface area contributed by atoms with Crippen molar-refractivity contribution >= 4 is 11.6 Å². The highest BCUT2D eigenvalue weighted by atomic mass is 16.1. The van der Waals surface area contributed by atoms with Gasteiger partial charge in [0, 0.05) is 17.3 Å². The molecule has 0 saturated heterocycles. The fourth-order valence-corrected chi connectivity index (χ4v) is 1.75. The Morgan fingerprint density at radius 1 is 1.15 bits per heavy atom. The van der Waals surface area contributed by atoms with Crippen molar-refractivity contribution < 1.29 is 4.79 Å². The smallest absolute Gasteiger partial charge is 0.275 e. The van der Waals surface area contributed by atoms with Crippen LogP contribution < -0.4 is 5.32 Å². The lowest BCUT2D eigenvalue weighted by molar-refractivity contribution is 0.102. The van der Waals surface area contributed by atoms with Gasteiger partial charge in [0.15, 0.2) is 0 Å². The number of amides is 1. The van der Waals surface area contributed by atoms with Crippen LogP contribution in [-0.2, 0) is 5.41 Å². The minimum Gasteiger partial charge on any atom is -0.321 e. The van der Waals surface area contributed by atoms with Gasteiger partial charge in [-0.05, 0) is 24.6 Å². The predicted molar refractivity (Wildman–Crippen MR) is 79.9 cm³/mol. The summed E-state index contributed by atoms with van der Waals surface area (Å²) in [5, 5.41) is 2.82. The van der Waals surface area contributed by atoms with Crippen LogP contribution in [-0.4, -0.2) is 15.9 Å². The maximum atomic E-state index is 12.1. The van der Waals surface area contributed by atoms with Crippen molar-refractivity contribution in [1.29, 1.82) is 0 Å². The minimum absolute atomic E-state index is 0.0709. The number of anilines is 1. The summed E-state index contributed by atoms with van der Waals surface area (Å²) in [7, 11) is 0. The highest BCUT2D eigenvalue weighted by molar-refractivity contribution is 6.02. The summed E-state index contributed by atoms with van der Waals surface area (Å²) in [6.45, 7) is 8.16. The number of aromatic nitrogens is 2. The number of carbonyl (C=O) groups excluding carboxylic acids is 1. The predicted octanol–water partition coefficient (Wildman–Crippen LogP) is 3.33. The van der Waals surface area contributed by atoms with Crippen LogP contribution in [0.15, 0.2) is 36.7 Å². The van der Waals surface area contributed by atoms with Gasteiger partial charge in [0.1, 0.15) is 5.69 Å². The Morgan fingerprint density at radius 2 is 1.90 bits per heavy atom. The second-order valence-corrected chi connectivity index (χ2v) is 5.86. The van der Waals surface area contributed by atoms with E-state index in [9.17, 15) is 4.79 Å². The van der Waals surface area contributed by atoms with E-state index >= 15 is 0 Å². The second-order valence-electron chi connectivity index (χ2n) is 5.86. The summed E-state index contributed by atoms with van der Waals surface area (Å²) in [5.74, 6) is -0.247. The molecule has 4 nitrogen and oxygen atoms in total. The molecule has 1 aromatic heterocycles. The van der Waals surface area contributed by atoms with Crippen molar-refractivity contribution in [3.8, 4) is 0 Å². The van der Waals surface area contributed by atoms with Gasteiger partial charge < -0.3 is 5.32 Å². The molecule has 0 fully saturated rings. The molecule has 104 valence electrons. The van der Waals surface area contributed by atoms with E-state index in [1.165, 1.54) is 6.20 Å². The van der Waals surface area contributed by atoms with Crippen LogP contribution in [0.5, 0.6) is 0 Å². The van der Waals surface area contributed by atoms with Crippen molar-refractivity contribution in [3.63, 3.8) is 0 Å². The Hall–Kier alpha value is -2.23. The Balaban J connectivity index is 2.14. The summed E-state index contributed by atoms with van der Waals surface area (Å²) in [6.07, 6.45) is 3.18. The average molecular weight is 269 g/mol. The van der Waals surface area contributed by atoms with Gasteiger partial charge in [-0.15, -0.1) is 0 Å². The molecule has 0 aliphatic carbocycles. The lowest BCUT2D eigenvalue weighted by Crippen LogP contribution is -2.18. The number of nitrogens with one attached hydrogen (secondary N) is 1. The van der Waals surface area contributed by atoms with Crippen molar-refractivity contribution in [1.82, 2.24) is 9.97 Å². The number of hydrogen-bond acceptors (Lipinski definition) is 3. The summed E-state index contributed by atoms with van der Waals surface area (Å²) < 4.78 is 0. The van der Waals surface area contributed by atoms with Crippen LogP contribution in [0, 0.1) is 6.92 Å². The van der Waals surface area contributed by atoms with E-state index in [0.29, 0.717) is 5.69 Å². The molecule has 0 aliphatic rings. The number of carbonyl (C=O) groups is 1. The Labute approximate surface area is 119 Å². The van der Waals surface area contributed by atoms with Gasteiger partial charge in [-0.2, -0.15) is 0 Å². The normalized spacial score (nSPS) is 11.2. The third-order valence-electron chi connectivity index (χ3n) is 2.93. The third-order valence-corrected chi connectivity index (χ3v) is 2.93. The first-order chi connectivity index (χ1) is 9.36. The summed E-state index contributed by atoms with van der Waals surface area (Å²) in [5.41, 5.74) is 2.97. The van der Waals surface area contributed by atoms with Gasteiger partial charge in [0.2, 0.25) is 0 Å². The first-order valence-corrected chi connectivity index (χ1v) is 6.57. The van der Waals surface area contributed by atoms with Crippen molar-refractivity contribution in [3.05, 3.63) is 53.6 Å². The minimum atomic E-state index is -0.247. The van der Waals surface area contributed by atoms with Crippen LogP contribution in [0.4, 0.5) is 5.69 Å². The zero-order valence-corrected chi connectivity index (χ0v) is 12.3. The summed E-state index contributed by atoms with van der Waals surface area (Å²) >= 11 is 0. The van der Waals surface area contributed by atoms with Crippen LogP contribution in [0.2, 0.25) is 0 Å². The molecule has 0 atom stereocenters. The fraction of sp³-hybridized carbons (Fsp3) is 0.312. The summed E-state index contributed by atoms with van der Waals surface area (Å²) in [6, 6.07) is 7.64. The summed E-state index contributed by atoms with van der Waals surface area (Å²) in [4.78, 5) is 20.6. The van der Waals surface area contributed by atoms with Gasteiger partial charge in [0.05, 0.1) is 11.9 Å². The van der Waals surface area contributed by atoms with Crippen LogP contribution in [0.3, 0.4) is 0 Å². The number of rotatable bonds is 2. The van der Waals surface area contributed by atoms with E-state index in [-0.39, 0.29) is 11.3 Å². The zero-order chi connectivity index (χ0) is 14.8. The van der Waals surface area contributed by atoms with E-state index in [4.69, 9.17) is 0 Å². The van der Waals surface area contributed by atoms with Crippen molar-refractivity contribution in [2.75, 3.05) is 5.32 Å². The number of nitrogens with zero attached hydrogens (tertiary/aromatic N) is 2. The van der Waals surface area contributed by atoms with Crippen molar-refractivity contribution in [2.45, 2.75) is 33.1 Å². The molecule has 2 aromatic rings. The van der Waals surface area contributed by atoms with E-state index in [1.807, 2.05) is 31.2 Å². The van der Waals surface area contributed by atoms with E-state index in [1.54, 1.807) is 6.20 Å². The molecular formula is C16H19N3O. The largest absolute Gasteiger partial charge is 0.321 e. The Morgan fingerprint density at radius 3 is 2.45 bits per heavy atom. The van der Waals surface area contributed by atoms with Gasteiger partial charge in [-0.1, -0.05) is 32.9 Å². The van der Waals surface area contributed by atoms with E-state index < -0.39 is 0 Å². The number of benzene rings is 1. The molecule has 0 unspecified atom stereocenters. The third kappa shape index (κ3) is 3.41. The molecule has 1 aromatic carbocycles. The van der Waals surface area contributed by atoms with Crippen molar-refractivity contribution in [2.24, 2.45) is 0 Å². The maximum absolute atomic E-state index is 12.1. The number of hydrogen-bond donors (Lipinski definition) is 1. The number of aryl methyl sites for hydroxylation is 1. The average Bonchev–Trinajstić information content (AvgIpc) is 2.38. The zero-order valence-electron chi connectivity index (χ0n) is 12.3. The van der Waals surface area contributed by atoms with Crippen LogP contribution in [0.1, 0.15) is 42.5 Å². The highest BCUT2D eigenvalue weighted by Crippen LogP contribution is 2.18. The van der Waals surface area contributed by atoms with Crippen LogP contribution in [0.25, 0.3) is 0 Å². The van der Waals surface area contributed by atoms with Gasteiger partial charge >= 0.3 is 0 Å². The molecule has 0 bridgehead atoms. The topological polar surface area (TPSA) is 54.9 Å². The highest BCUT2D eigenvalue weighted by Gasteiger charge is 2.17. The quantitative estimate of drug-likeness (QED) is 0.909. The fourth-order valence-electron chi connectivity index (χ4n) is 1.75. The SMILES string of the molecule is Cc1cccc(NC(=O)c2cnc(C(C)(C)C)cn2)c1. The lowest BCUT2D eigenvalue weighted by atomic mass is 9.93. The van der Waals surface area contributed by atoms with Gasteiger partial charge in [0.25, 0.3) is 5.91 Å². The van der Waals surface area contributed by atoms with E-state index in [0.717, 1.165) is 16.9 Å². The molecule has 20 heavy (non-hydrogen) atoms. The molecule has 1 heterocycles. The monoisotopic (exact) mass is 269 g/mol. The van der Waals surface area contributed by atoms with Gasteiger partial charge in [-0.3, -0.25) is 9.78 Å². The molecule has 1 amide bonds. The van der Waals surface area contributed by atoms with Crippen LogP contribution >= 0.6 is 0 Å². The molecule has 1 N–H and O–H groups in total. The van der Waals surface area contributed by atoms with Gasteiger partial charge in [-0.25, -0.2) is 4.98 Å². The first kappa shape index (κ1) is 14.2. The molecule has 2 rings (SSSR count). The lowest BCUT2D eigenvalue weighted by Gasteiger charge is -2.16. The molecule has 0 spiro atoms. The molecule has 0 radical (unpaired) electrons. The standard InChI is InChI=1S/C16H19N3O/c1-11-6-5-7-12(8-11)19-15(20)13-9-18-14(10-17-13)16(2,3)4/h5-10H,1-4H3,(H,19,20). The molecule has 4 heteroatoms. The Bertz CT molecular complexity index is 612. The maximum Gasteiger partial charge on any atom is 0.275 e. The Kier molecular flexibility index (Phi) is 3.84. The first-order valence-electron chi connectivity index (χ1n) is 6.57. The molecular weight excluding hydrogens is 250 g/mol. The molecule has 0 aliphatic heterocycles. The van der Waals surface area contributed by atoms with E-state index in [2.05, 4.69) is 36.1 Å². The molecule has 0 saturated carbocycles.